The maximum Gasteiger partial charge on any atom is 0.407 e. The highest BCUT2D eigenvalue weighted by Gasteiger charge is 2.29. The van der Waals surface area contributed by atoms with E-state index < -0.39 is 29.9 Å². The Kier molecular flexibility index (Phi) is 6.93. The second kappa shape index (κ2) is 10.0. The number of aliphatic carboxylic acids is 1. The molecule has 0 saturated carbocycles. The number of rotatable bonds is 8. The van der Waals surface area contributed by atoms with Crippen molar-refractivity contribution in [2.24, 2.45) is 5.92 Å². The van der Waals surface area contributed by atoms with Crippen LogP contribution >= 0.6 is 11.3 Å². The number of hydrogen-bond acceptors (Lipinski definition) is 6. The summed E-state index contributed by atoms with van der Waals surface area (Å²) in [7, 11) is 0. The van der Waals surface area contributed by atoms with Crippen LogP contribution in [0.25, 0.3) is 11.1 Å². The molecule has 2 atom stereocenters. The SMILES string of the molecule is CC(NC(=O)c1csc(CNC(=O)OCC2c3ccccc3-c3ccccc32)n1)C(C)C(=O)O. The molecule has 9 heteroatoms. The molecule has 1 aromatic heterocycles. The van der Waals surface area contributed by atoms with Crippen molar-refractivity contribution in [2.75, 3.05) is 6.61 Å². The standard InChI is InChI=1S/C25H25N3O5S/c1-14(24(30)31)15(2)27-23(29)21-13-34-22(28-21)11-26-25(32)33-12-20-18-9-5-3-7-16(18)17-8-4-6-10-19(17)20/h3-10,13-15,20H,11-12H2,1-2H3,(H,26,32)(H,27,29)(H,30,31). The summed E-state index contributed by atoms with van der Waals surface area (Å²) >= 11 is 1.23. The largest absolute Gasteiger partial charge is 0.481 e. The van der Waals surface area contributed by atoms with Gasteiger partial charge in [-0.25, -0.2) is 9.78 Å². The molecular weight excluding hydrogens is 454 g/mol. The van der Waals surface area contributed by atoms with Gasteiger partial charge in [0.1, 0.15) is 17.3 Å². The molecule has 0 bridgehead atoms. The molecule has 0 radical (unpaired) electrons. The minimum absolute atomic E-state index is 0.0245. The van der Waals surface area contributed by atoms with Crippen LogP contribution in [0.3, 0.4) is 0 Å². The number of thiazole rings is 1. The van der Waals surface area contributed by atoms with E-state index in [1.54, 1.807) is 12.3 Å². The van der Waals surface area contributed by atoms with E-state index in [1.165, 1.54) is 18.3 Å². The van der Waals surface area contributed by atoms with Gasteiger partial charge in [0.25, 0.3) is 5.91 Å². The highest BCUT2D eigenvalue weighted by molar-refractivity contribution is 7.09. The van der Waals surface area contributed by atoms with Gasteiger partial charge in [-0.15, -0.1) is 11.3 Å². The number of alkyl carbamates (subject to hydrolysis) is 1. The summed E-state index contributed by atoms with van der Waals surface area (Å²) in [5.74, 6) is -2.19. The number of carbonyl (C=O) groups is 3. The van der Waals surface area contributed by atoms with E-state index in [4.69, 9.17) is 9.84 Å². The third kappa shape index (κ3) is 4.94. The van der Waals surface area contributed by atoms with Gasteiger partial charge in [0.15, 0.2) is 0 Å². The van der Waals surface area contributed by atoms with Gasteiger partial charge in [0, 0.05) is 17.3 Å². The van der Waals surface area contributed by atoms with E-state index in [0.29, 0.717) is 5.01 Å². The average Bonchev–Trinajstić information content (AvgIpc) is 3.44. The van der Waals surface area contributed by atoms with Crippen molar-refractivity contribution in [3.05, 3.63) is 75.7 Å². The fourth-order valence-electron chi connectivity index (χ4n) is 3.91. The van der Waals surface area contributed by atoms with Gasteiger partial charge >= 0.3 is 12.1 Å². The van der Waals surface area contributed by atoms with Crippen molar-refractivity contribution in [1.82, 2.24) is 15.6 Å². The molecule has 0 aliphatic heterocycles. The highest BCUT2D eigenvalue weighted by Crippen LogP contribution is 2.44. The lowest BCUT2D eigenvalue weighted by Crippen LogP contribution is -2.40. The predicted molar refractivity (Wildman–Crippen MR) is 128 cm³/mol. The van der Waals surface area contributed by atoms with Crippen LogP contribution in [-0.2, 0) is 16.1 Å². The van der Waals surface area contributed by atoms with Crippen LogP contribution in [0.2, 0.25) is 0 Å². The maximum absolute atomic E-state index is 12.3. The molecule has 0 saturated heterocycles. The Morgan fingerprint density at radius 2 is 1.68 bits per heavy atom. The molecule has 1 heterocycles. The van der Waals surface area contributed by atoms with Crippen LogP contribution in [0.5, 0.6) is 0 Å². The number of nitrogens with one attached hydrogen (secondary N) is 2. The Morgan fingerprint density at radius 3 is 2.29 bits per heavy atom. The van der Waals surface area contributed by atoms with Crippen LogP contribution in [-0.4, -0.2) is 40.7 Å². The first kappa shape index (κ1) is 23.4. The van der Waals surface area contributed by atoms with E-state index in [2.05, 4.69) is 39.9 Å². The molecule has 4 rings (SSSR count). The molecule has 0 fully saturated rings. The molecule has 8 nitrogen and oxygen atoms in total. The summed E-state index contributed by atoms with van der Waals surface area (Å²) in [4.78, 5) is 39.9. The number of carboxylic acids is 1. The summed E-state index contributed by atoms with van der Waals surface area (Å²) < 4.78 is 5.51. The number of amides is 2. The zero-order chi connectivity index (χ0) is 24.2. The molecule has 1 aliphatic rings. The van der Waals surface area contributed by atoms with Crippen LogP contribution in [0, 0.1) is 5.92 Å². The number of carboxylic acid groups (broad SMARTS) is 1. The Hall–Kier alpha value is -3.72. The van der Waals surface area contributed by atoms with Crippen molar-refractivity contribution >= 4 is 29.3 Å². The van der Waals surface area contributed by atoms with E-state index in [-0.39, 0.29) is 24.8 Å². The summed E-state index contributed by atoms with van der Waals surface area (Å²) in [6.45, 7) is 3.49. The number of fused-ring (bicyclic) bond motifs is 3. The number of nitrogens with zero attached hydrogens (tertiary/aromatic N) is 1. The lowest BCUT2D eigenvalue weighted by atomic mass is 9.98. The molecule has 176 valence electrons. The second-order valence-electron chi connectivity index (χ2n) is 8.19. The summed E-state index contributed by atoms with van der Waals surface area (Å²) in [5, 5.41) is 16.5. The number of ether oxygens (including phenoxy) is 1. The van der Waals surface area contributed by atoms with E-state index >= 15 is 0 Å². The monoisotopic (exact) mass is 479 g/mol. The van der Waals surface area contributed by atoms with E-state index in [0.717, 1.165) is 22.3 Å². The second-order valence-corrected chi connectivity index (χ2v) is 9.14. The van der Waals surface area contributed by atoms with Crippen molar-refractivity contribution < 1.29 is 24.2 Å². The van der Waals surface area contributed by atoms with Crippen molar-refractivity contribution in [2.45, 2.75) is 32.4 Å². The first-order chi connectivity index (χ1) is 16.3. The maximum atomic E-state index is 12.3. The third-order valence-corrected chi connectivity index (χ3v) is 6.86. The van der Waals surface area contributed by atoms with Crippen LogP contribution in [0.1, 0.15) is 46.4 Å². The molecule has 2 amide bonds. The summed E-state index contributed by atoms with van der Waals surface area (Å²) in [6, 6.07) is 15.7. The predicted octanol–water partition coefficient (Wildman–Crippen LogP) is 4.02. The van der Waals surface area contributed by atoms with Crippen molar-refractivity contribution in [3.8, 4) is 11.1 Å². The summed E-state index contributed by atoms with van der Waals surface area (Å²) in [6.07, 6.45) is -0.563. The lowest BCUT2D eigenvalue weighted by Gasteiger charge is -2.16. The zero-order valence-electron chi connectivity index (χ0n) is 18.8. The highest BCUT2D eigenvalue weighted by atomic mass is 32.1. The number of benzene rings is 2. The smallest absolute Gasteiger partial charge is 0.407 e. The number of aromatic nitrogens is 1. The van der Waals surface area contributed by atoms with Gasteiger partial charge in [-0.1, -0.05) is 48.5 Å². The molecule has 0 spiro atoms. The van der Waals surface area contributed by atoms with Crippen LogP contribution in [0.15, 0.2) is 53.9 Å². The Labute approximate surface area is 201 Å². The van der Waals surface area contributed by atoms with Crippen molar-refractivity contribution in [3.63, 3.8) is 0 Å². The van der Waals surface area contributed by atoms with E-state index in [1.807, 2.05) is 24.3 Å². The quantitative estimate of drug-likeness (QED) is 0.449. The average molecular weight is 480 g/mol. The molecule has 3 N–H and O–H groups in total. The fraction of sp³-hybridized carbons (Fsp3) is 0.280. The van der Waals surface area contributed by atoms with Gasteiger partial charge in [0.2, 0.25) is 0 Å². The van der Waals surface area contributed by atoms with E-state index in [9.17, 15) is 14.4 Å². The van der Waals surface area contributed by atoms with Crippen LogP contribution < -0.4 is 10.6 Å². The third-order valence-electron chi connectivity index (χ3n) is 6.01. The van der Waals surface area contributed by atoms with Gasteiger partial charge < -0.3 is 20.5 Å². The normalized spacial score (nSPS) is 13.9. The molecule has 34 heavy (non-hydrogen) atoms. The van der Waals surface area contributed by atoms with Gasteiger partial charge in [0.05, 0.1) is 12.5 Å². The molecule has 1 aliphatic carbocycles. The van der Waals surface area contributed by atoms with Gasteiger partial charge in [-0.3, -0.25) is 9.59 Å². The zero-order valence-corrected chi connectivity index (χ0v) is 19.6. The van der Waals surface area contributed by atoms with Crippen LogP contribution in [0.4, 0.5) is 4.79 Å². The first-order valence-corrected chi connectivity index (χ1v) is 11.8. The number of carbonyl (C=O) groups excluding carboxylic acids is 2. The summed E-state index contributed by atoms with van der Waals surface area (Å²) in [5.41, 5.74) is 4.77. The minimum atomic E-state index is -0.987. The first-order valence-electron chi connectivity index (χ1n) is 10.9. The molecule has 2 aromatic carbocycles. The molecular formula is C25H25N3O5S. The Balaban J connectivity index is 1.30. The Bertz CT molecular complexity index is 1180. The number of hydrogen-bond donors (Lipinski definition) is 3. The van der Waals surface area contributed by atoms with Gasteiger partial charge in [-0.05, 0) is 36.1 Å². The lowest BCUT2D eigenvalue weighted by molar-refractivity contribution is -0.141. The Morgan fingerprint density at radius 1 is 1.06 bits per heavy atom. The molecule has 2 unspecified atom stereocenters. The fourth-order valence-corrected chi connectivity index (χ4v) is 4.63. The van der Waals surface area contributed by atoms with Gasteiger partial charge in [-0.2, -0.15) is 0 Å². The molecule has 3 aromatic rings. The topological polar surface area (TPSA) is 118 Å². The minimum Gasteiger partial charge on any atom is -0.481 e. The van der Waals surface area contributed by atoms with Crippen molar-refractivity contribution in [1.29, 1.82) is 0 Å².